The van der Waals surface area contributed by atoms with Gasteiger partial charge in [0, 0.05) is 0 Å². The molecule has 1 fully saturated rings. The molecule has 0 amide bonds. The van der Waals surface area contributed by atoms with E-state index < -0.39 is 0 Å². The monoisotopic (exact) mass is 192 g/mol. The van der Waals surface area contributed by atoms with Gasteiger partial charge in [-0.1, -0.05) is 0 Å². The standard InChI is InChI=1S/C6H13Si.CH3.Zn/c1-7-5-3-2-4-6-7;;/h7H,1-6H2;1H3;. The third kappa shape index (κ3) is 2.95. The second-order valence-electron chi connectivity index (χ2n) is 3.29. The van der Waals surface area contributed by atoms with E-state index in [-0.39, 0.29) is 25.9 Å². The minimum absolute atomic E-state index is 0.0428. The predicted molar refractivity (Wildman–Crippen MR) is 41.3 cm³/mol. The molecule has 1 rings (SSSR count). The van der Waals surface area contributed by atoms with Crippen molar-refractivity contribution in [2.45, 2.75) is 41.5 Å². The molecule has 2 heteroatoms. The van der Waals surface area contributed by atoms with E-state index in [9.17, 15) is 0 Å². The molecule has 0 atom stereocenters. The summed E-state index contributed by atoms with van der Waals surface area (Å²) in [5, 5.41) is 0. The SMILES string of the molecule is [CH3][Zn][CH2][SiH]1CCCCC1. The van der Waals surface area contributed by atoms with Crippen LogP contribution in [0.25, 0.3) is 0 Å². The fourth-order valence-electron chi connectivity index (χ4n) is 1.88. The van der Waals surface area contributed by atoms with Crippen LogP contribution in [0.1, 0.15) is 19.3 Å². The second-order valence-corrected chi connectivity index (χ2v) is 12.5. The average Bonchev–Trinajstić information content (AvgIpc) is 1.91. The maximum absolute atomic E-state index is 2.52. The van der Waals surface area contributed by atoms with Crippen molar-refractivity contribution in [3.05, 3.63) is 0 Å². The molecule has 0 nitrogen and oxygen atoms in total. The summed E-state index contributed by atoms with van der Waals surface area (Å²) < 4.78 is 1.81. The first-order valence-corrected chi connectivity index (χ1v) is 11.9. The fraction of sp³-hybridized carbons (Fsp3) is 1.00. The molecule has 1 aliphatic heterocycles. The van der Waals surface area contributed by atoms with Gasteiger partial charge < -0.3 is 0 Å². The van der Waals surface area contributed by atoms with E-state index >= 15 is 0 Å². The first-order valence-electron chi connectivity index (χ1n) is 4.43. The van der Waals surface area contributed by atoms with Gasteiger partial charge in [-0.25, -0.2) is 0 Å². The molecule has 0 saturated carbocycles. The molecule has 1 heterocycles. The van der Waals surface area contributed by atoms with E-state index in [1.165, 1.54) is 0 Å². The topological polar surface area (TPSA) is 0 Å². The Kier molecular flexibility index (Phi) is 4.08. The molecule has 0 aromatic carbocycles. The van der Waals surface area contributed by atoms with Crippen molar-refractivity contribution in [1.29, 1.82) is 0 Å². The molecule has 0 N–H and O–H groups in total. The second kappa shape index (κ2) is 4.62. The average molecular weight is 194 g/mol. The molecular formula is C7H16SiZn. The van der Waals surface area contributed by atoms with Gasteiger partial charge >= 0.3 is 67.4 Å². The zero-order valence-corrected chi connectivity index (χ0v) is 10.6. The van der Waals surface area contributed by atoms with Gasteiger partial charge in [0.1, 0.15) is 0 Å². The van der Waals surface area contributed by atoms with Crippen molar-refractivity contribution in [1.82, 2.24) is 0 Å². The van der Waals surface area contributed by atoms with Crippen LogP contribution < -0.4 is 0 Å². The summed E-state index contributed by atoms with van der Waals surface area (Å²) in [7, 11) is -0.0428. The van der Waals surface area contributed by atoms with Gasteiger partial charge in [-0.05, 0) is 0 Å². The molecule has 50 valence electrons. The Labute approximate surface area is 67.6 Å². The third-order valence-electron chi connectivity index (χ3n) is 2.42. The third-order valence-corrected chi connectivity index (χ3v) is 15.0. The molecule has 0 aliphatic carbocycles. The van der Waals surface area contributed by atoms with Crippen LogP contribution in [-0.2, 0) is 17.1 Å². The molecule has 0 radical (unpaired) electrons. The molecule has 1 saturated heterocycles. The molecule has 0 bridgehead atoms. The normalized spacial score (nSPS) is 21.4. The van der Waals surface area contributed by atoms with E-state index in [1.54, 1.807) is 31.4 Å². The van der Waals surface area contributed by atoms with Crippen LogP contribution in [0.5, 0.6) is 0 Å². The van der Waals surface area contributed by atoms with E-state index in [2.05, 4.69) is 5.52 Å². The summed E-state index contributed by atoms with van der Waals surface area (Å²) in [5.41, 5.74) is 2.52. The van der Waals surface area contributed by atoms with Crippen LogP contribution in [0.15, 0.2) is 0 Å². The van der Waals surface area contributed by atoms with Gasteiger partial charge in [0.15, 0.2) is 0 Å². The minimum atomic E-state index is -0.0428. The molecular weight excluding hydrogens is 178 g/mol. The van der Waals surface area contributed by atoms with Gasteiger partial charge in [-0.2, -0.15) is 0 Å². The van der Waals surface area contributed by atoms with Crippen LogP contribution in [0.3, 0.4) is 0 Å². The van der Waals surface area contributed by atoms with Crippen LogP contribution in [0.2, 0.25) is 22.2 Å². The molecule has 1 aliphatic rings. The summed E-state index contributed by atoms with van der Waals surface area (Å²) >= 11 is 0.0723. The Morgan fingerprint density at radius 2 is 1.89 bits per heavy atom. The van der Waals surface area contributed by atoms with Crippen molar-refractivity contribution in [2.75, 3.05) is 0 Å². The Balaban J connectivity index is 2.08. The van der Waals surface area contributed by atoms with Gasteiger partial charge in [0.05, 0.1) is 0 Å². The van der Waals surface area contributed by atoms with Crippen LogP contribution in [0.4, 0.5) is 0 Å². The van der Waals surface area contributed by atoms with Gasteiger partial charge in [0.25, 0.3) is 0 Å². The van der Waals surface area contributed by atoms with E-state index in [0.717, 1.165) is 0 Å². The quantitative estimate of drug-likeness (QED) is 0.592. The maximum atomic E-state index is 2.52. The Morgan fingerprint density at radius 3 is 2.44 bits per heavy atom. The van der Waals surface area contributed by atoms with Crippen molar-refractivity contribution < 1.29 is 17.1 Å². The molecule has 0 spiro atoms. The molecule has 9 heavy (non-hydrogen) atoms. The van der Waals surface area contributed by atoms with E-state index in [1.807, 2.05) is 4.64 Å². The molecule has 0 aromatic heterocycles. The zero-order chi connectivity index (χ0) is 6.53. The first-order chi connectivity index (χ1) is 4.43. The predicted octanol–water partition coefficient (Wildman–Crippen LogP) is 2.49. The summed E-state index contributed by atoms with van der Waals surface area (Å²) in [6, 6.07) is 3.41. The first kappa shape index (κ1) is 7.94. The number of hydrogen-bond acceptors (Lipinski definition) is 0. The van der Waals surface area contributed by atoms with Gasteiger partial charge in [-0.15, -0.1) is 0 Å². The number of rotatable bonds is 2. The molecule has 0 unspecified atom stereocenters. The summed E-state index contributed by atoms with van der Waals surface area (Å²) in [6.45, 7) is 0. The van der Waals surface area contributed by atoms with Gasteiger partial charge in [0.2, 0.25) is 0 Å². The van der Waals surface area contributed by atoms with Gasteiger partial charge in [-0.3, -0.25) is 0 Å². The van der Waals surface area contributed by atoms with Crippen molar-refractivity contribution in [3.8, 4) is 0 Å². The van der Waals surface area contributed by atoms with Crippen molar-refractivity contribution in [3.63, 3.8) is 0 Å². The summed E-state index contributed by atoms with van der Waals surface area (Å²) in [5.74, 6) is 0. The Hall–Kier alpha value is 0.840. The van der Waals surface area contributed by atoms with Crippen LogP contribution in [0, 0.1) is 0 Å². The summed E-state index contributed by atoms with van der Waals surface area (Å²) in [4.78, 5) is 0. The van der Waals surface area contributed by atoms with Crippen LogP contribution in [-0.4, -0.2) is 8.80 Å². The van der Waals surface area contributed by atoms with Crippen molar-refractivity contribution in [2.24, 2.45) is 0 Å². The van der Waals surface area contributed by atoms with E-state index in [4.69, 9.17) is 0 Å². The van der Waals surface area contributed by atoms with Crippen molar-refractivity contribution >= 4 is 8.80 Å². The fourth-order valence-corrected chi connectivity index (χ4v) is 14.1. The Bertz CT molecular complexity index is 66.6. The summed E-state index contributed by atoms with van der Waals surface area (Å²) in [6.07, 6.45) is 4.75. The molecule has 0 aromatic rings. The number of hydrogen-bond donors (Lipinski definition) is 0. The van der Waals surface area contributed by atoms with E-state index in [0.29, 0.717) is 0 Å². The zero-order valence-electron chi connectivity index (χ0n) is 6.53. The Morgan fingerprint density at radius 1 is 1.22 bits per heavy atom. The van der Waals surface area contributed by atoms with Crippen LogP contribution >= 0.6 is 0 Å².